The van der Waals surface area contributed by atoms with Gasteiger partial charge in [0.15, 0.2) is 11.5 Å². The molecular formula is C25H29FN4O3S. The average molecular weight is 485 g/mol. The Morgan fingerprint density at radius 2 is 2.18 bits per heavy atom. The molecule has 2 aromatic heterocycles. The van der Waals surface area contributed by atoms with Crippen molar-refractivity contribution in [2.75, 3.05) is 38.3 Å². The van der Waals surface area contributed by atoms with Crippen LogP contribution in [0.5, 0.6) is 11.5 Å². The predicted molar refractivity (Wildman–Crippen MR) is 133 cm³/mol. The molecule has 5 rings (SSSR count). The van der Waals surface area contributed by atoms with Crippen molar-refractivity contribution >= 4 is 38.1 Å². The van der Waals surface area contributed by atoms with E-state index in [1.165, 1.54) is 11.3 Å². The van der Waals surface area contributed by atoms with Gasteiger partial charge in [-0.15, -0.1) is 11.3 Å². The summed E-state index contributed by atoms with van der Waals surface area (Å²) in [5.41, 5.74) is 2.38. The number of methoxy groups -OCH3 is 1. The molecule has 3 aromatic rings. The van der Waals surface area contributed by atoms with E-state index in [4.69, 9.17) is 4.74 Å². The number of alkyl halides is 1. The molecule has 2 fully saturated rings. The van der Waals surface area contributed by atoms with Crippen molar-refractivity contribution in [2.24, 2.45) is 5.92 Å². The van der Waals surface area contributed by atoms with E-state index in [1.54, 1.807) is 7.11 Å². The van der Waals surface area contributed by atoms with E-state index in [1.807, 2.05) is 19.1 Å². The third-order valence-corrected chi connectivity index (χ3v) is 8.32. The number of pyridine rings is 1. The second-order valence-corrected chi connectivity index (χ2v) is 10.4. The number of aryl methyl sites for hydroxylation is 1. The fourth-order valence-corrected chi connectivity index (χ4v) is 6.46. The summed E-state index contributed by atoms with van der Waals surface area (Å²) in [6, 6.07) is 4.33. The third kappa shape index (κ3) is 3.51. The number of fused-ring (bicyclic) bond motifs is 2. The Morgan fingerprint density at radius 1 is 1.41 bits per heavy atom. The summed E-state index contributed by atoms with van der Waals surface area (Å²) in [5.74, 6) is 0.825. The molecule has 0 bridgehead atoms. The van der Waals surface area contributed by atoms with Gasteiger partial charge in [0.2, 0.25) is 5.43 Å². The highest BCUT2D eigenvalue weighted by Crippen LogP contribution is 2.49. The number of nitrogens with zero attached hydrogens (tertiary/aromatic N) is 3. The average Bonchev–Trinajstić information content (AvgIpc) is 3.44. The lowest BCUT2D eigenvalue weighted by Crippen LogP contribution is -2.36. The summed E-state index contributed by atoms with van der Waals surface area (Å²) in [6.07, 6.45) is 2.94. The maximum absolute atomic E-state index is 13.5. The standard InChI is InChI=1S/C25H29FN4O3S/c1-13-10-17-21(24(33-3)20(13)29-9-6-15(12-29)14(2)28-8-7-26)30(16-4-5-16)25-19(22(17)31)23(32)18(11-27)34-25/h10,14-16,28,32H,4-9,12H2,1-3H3/t14-,15+/m0/s1. The van der Waals surface area contributed by atoms with Crippen LogP contribution in [0.15, 0.2) is 10.9 Å². The maximum Gasteiger partial charge on any atom is 0.202 e. The number of halogens is 1. The van der Waals surface area contributed by atoms with Crippen LogP contribution in [0.1, 0.15) is 42.7 Å². The number of nitrogens with one attached hydrogen (secondary N) is 1. The first-order valence-electron chi connectivity index (χ1n) is 11.8. The van der Waals surface area contributed by atoms with Gasteiger partial charge < -0.3 is 24.6 Å². The molecule has 180 valence electrons. The molecule has 2 N–H and O–H groups in total. The molecule has 1 aliphatic carbocycles. The smallest absolute Gasteiger partial charge is 0.202 e. The Kier molecular flexibility index (Phi) is 5.90. The van der Waals surface area contributed by atoms with Gasteiger partial charge in [0, 0.05) is 31.7 Å². The van der Waals surface area contributed by atoms with E-state index in [0.717, 1.165) is 49.1 Å². The Hall–Kier alpha value is -2.83. The lowest BCUT2D eigenvalue weighted by atomic mass is 10.0. The van der Waals surface area contributed by atoms with Gasteiger partial charge >= 0.3 is 0 Å². The summed E-state index contributed by atoms with van der Waals surface area (Å²) in [4.78, 5) is 16.6. The lowest BCUT2D eigenvalue weighted by molar-refractivity contribution is 0.373. The molecule has 0 radical (unpaired) electrons. The Morgan fingerprint density at radius 3 is 2.82 bits per heavy atom. The number of anilines is 1. The highest BCUT2D eigenvalue weighted by molar-refractivity contribution is 7.19. The number of ether oxygens (including phenoxy) is 1. The van der Waals surface area contributed by atoms with Crippen LogP contribution in [-0.4, -0.2) is 49.1 Å². The van der Waals surface area contributed by atoms with Crippen LogP contribution in [0.4, 0.5) is 10.1 Å². The van der Waals surface area contributed by atoms with Crippen molar-refractivity contribution in [2.45, 2.75) is 45.2 Å². The molecule has 3 heterocycles. The number of benzene rings is 1. The van der Waals surface area contributed by atoms with E-state index < -0.39 is 0 Å². The molecule has 0 spiro atoms. The first kappa shape index (κ1) is 22.9. The Balaban J connectivity index is 1.71. The van der Waals surface area contributed by atoms with Crippen molar-refractivity contribution in [3.05, 3.63) is 26.7 Å². The molecule has 1 saturated heterocycles. The van der Waals surface area contributed by atoms with Crippen LogP contribution in [0.25, 0.3) is 21.1 Å². The Bertz CT molecular complexity index is 1370. The van der Waals surface area contributed by atoms with Gasteiger partial charge in [0.05, 0.1) is 23.7 Å². The molecular weight excluding hydrogens is 455 g/mol. The fourth-order valence-electron chi connectivity index (χ4n) is 5.39. The van der Waals surface area contributed by atoms with Gasteiger partial charge in [-0.05, 0) is 50.7 Å². The summed E-state index contributed by atoms with van der Waals surface area (Å²) in [5, 5.41) is 24.1. The Labute approximate surface area is 201 Å². The molecule has 1 aliphatic heterocycles. The van der Waals surface area contributed by atoms with Gasteiger partial charge in [-0.25, -0.2) is 4.39 Å². The van der Waals surface area contributed by atoms with Crippen molar-refractivity contribution in [1.82, 2.24) is 9.88 Å². The summed E-state index contributed by atoms with van der Waals surface area (Å²) >= 11 is 1.17. The highest BCUT2D eigenvalue weighted by Gasteiger charge is 2.35. The third-order valence-electron chi connectivity index (χ3n) is 7.24. The molecule has 0 amide bonds. The van der Waals surface area contributed by atoms with E-state index in [0.29, 0.717) is 28.4 Å². The van der Waals surface area contributed by atoms with E-state index in [-0.39, 0.29) is 40.2 Å². The number of aromatic nitrogens is 1. The number of hydrogen-bond acceptors (Lipinski definition) is 7. The first-order chi connectivity index (χ1) is 16.4. The summed E-state index contributed by atoms with van der Waals surface area (Å²) < 4.78 is 20.8. The molecule has 2 atom stereocenters. The summed E-state index contributed by atoms with van der Waals surface area (Å²) in [6.45, 7) is 5.73. The normalized spacial score (nSPS) is 19.1. The number of nitriles is 1. The number of hydrogen-bond donors (Lipinski definition) is 2. The second-order valence-electron chi connectivity index (χ2n) is 9.40. The second kappa shape index (κ2) is 8.75. The summed E-state index contributed by atoms with van der Waals surface area (Å²) in [7, 11) is 1.63. The lowest BCUT2D eigenvalue weighted by Gasteiger charge is -2.27. The number of rotatable bonds is 7. The topological polar surface area (TPSA) is 90.5 Å². The van der Waals surface area contributed by atoms with Crippen LogP contribution in [0.2, 0.25) is 0 Å². The van der Waals surface area contributed by atoms with Crippen molar-refractivity contribution in [1.29, 1.82) is 5.26 Å². The van der Waals surface area contributed by atoms with Gasteiger partial charge in [-0.3, -0.25) is 4.79 Å². The van der Waals surface area contributed by atoms with Crippen LogP contribution >= 0.6 is 11.3 Å². The maximum atomic E-state index is 13.5. The molecule has 0 unspecified atom stereocenters. The molecule has 1 saturated carbocycles. The van der Waals surface area contributed by atoms with E-state index in [9.17, 15) is 19.6 Å². The highest BCUT2D eigenvalue weighted by atomic mass is 32.1. The minimum atomic E-state index is -0.378. The molecule has 1 aromatic carbocycles. The molecule has 9 heteroatoms. The van der Waals surface area contributed by atoms with Gasteiger partial charge in [0.1, 0.15) is 27.8 Å². The number of aromatic hydroxyl groups is 1. The van der Waals surface area contributed by atoms with E-state index >= 15 is 0 Å². The molecule has 34 heavy (non-hydrogen) atoms. The predicted octanol–water partition coefficient (Wildman–Crippen LogP) is 4.22. The zero-order valence-corrected chi connectivity index (χ0v) is 20.5. The van der Waals surface area contributed by atoms with Crippen molar-refractivity contribution in [3.8, 4) is 17.6 Å². The zero-order valence-electron chi connectivity index (χ0n) is 19.7. The van der Waals surface area contributed by atoms with Crippen LogP contribution in [-0.2, 0) is 0 Å². The zero-order chi connectivity index (χ0) is 24.1. The quantitative estimate of drug-likeness (QED) is 0.522. The molecule has 2 aliphatic rings. The first-order valence-corrected chi connectivity index (χ1v) is 12.6. The van der Waals surface area contributed by atoms with Crippen LogP contribution < -0.4 is 20.4 Å². The fraction of sp³-hybridized carbons (Fsp3) is 0.520. The minimum Gasteiger partial charge on any atom is -0.505 e. The minimum absolute atomic E-state index is 0.157. The van der Waals surface area contributed by atoms with Gasteiger partial charge in [0.25, 0.3) is 0 Å². The van der Waals surface area contributed by atoms with Gasteiger partial charge in [-0.1, -0.05) is 0 Å². The van der Waals surface area contributed by atoms with Crippen LogP contribution in [0.3, 0.4) is 0 Å². The monoisotopic (exact) mass is 484 g/mol. The van der Waals surface area contributed by atoms with Crippen molar-refractivity contribution in [3.63, 3.8) is 0 Å². The molecule has 7 nitrogen and oxygen atoms in total. The van der Waals surface area contributed by atoms with Crippen molar-refractivity contribution < 1.29 is 14.2 Å². The largest absolute Gasteiger partial charge is 0.505 e. The van der Waals surface area contributed by atoms with Crippen LogP contribution in [0, 0.1) is 24.2 Å². The number of thiophene rings is 1. The van der Waals surface area contributed by atoms with E-state index in [2.05, 4.69) is 21.7 Å². The SMILES string of the molecule is COc1c(N2CC[C@@H]([C@H](C)NCCF)C2)c(C)cc2c(=O)c3c(O)c(C#N)sc3n(C3CC3)c12. The van der Waals surface area contributed by atoms with Gasteiger partial charge in [-0.2, -0.15) is 5.26 Å².